The Bertz CT molecular complexity index is 627. The zero-order chi connectivity index (χ0) is 24.5. The fourth-order valence-electron chi connectivity index (χ4n) is 3.83. The number of hydrogen-bond acceptors (Lipinski definition) is 9. The number of carbonyl (C=O) groups is 3. The molecular weight excluding hydrogens is 420 g/mol. The molecule has 1 fully saturated rings. The first-order valence-corrected chi connectivity index (χ1v) is 11.3. The number of aliphatic hydroxyl groups excluding tert-OH is 1. The van der Waals surface area contributed by atoms with Crippen molar-refractivity contribution in [3.63, 3.8) is 0 Å². The van der Waals surface area contributed by atoms with Crippen molar-refractivity contribution in [2.75, 3.05) is 26.4 Å². The molecule has 9 nitrogen and oxygen atoms in total. The minimum absolute atomic E-state index is 0.0812. The van der Waals surface area contributed by atoms with E-state index < -0.39 is 35.3 Å². The summed E-state index contributed by atoms with van der Waals surface area (Å²) in [5, 5.41) is 10.9. The normalized spacial score (nSPS) is 26.6. The van der Waals surface area contributed by atoms with Gasteiger partial charge in [0.15, 0.2) is 0 Å². The molecule has 0 heterocycles. The van der Waals surface area contributed by atoms with Gasteiger partial charge in [0.1, 0.15) is 6.10 Å². The van der Waals surface area contributed by atoms with Crippen molar-refractivity contribution >= 4 is 18.3 Å². The Morgan fingerprint density at radius 1 is 1.03 bits per heavy atom. The predicted octanol–water partition coefficient (Wildman–Crippen LogP) is 4.09. The summed E-state index contributed by atoms with van der Waals surface area (Å²) >= 11 is 0. The quantitative estimate of drug-likeness (QED) is 0.401. The second kappa shape index (κ2) is 12.3. The molecule has 0 amide bonds. The van der Waals surface area contributed by atoms with Gasteiger partial charge in [-0.05, 0) is 65.7 Å². The van der Waals surface area contributed by atoms with E-state index in [1.807, 2.05) is 13.8 Å². The van der Waals surface area contributed by atoms with E-state index in [1.54, 1.807) is 34.6 Å². The number of aliphatic hydroxyl groups is 1. The fourth-order valence-corrected chi connectivity index (χ4v) is 3.83. The number of ether oxygens (including phenoxy) is 5. The molecule has 0 aromatic carbocycles. The number of rotatable bonds is 9. The Morgan fingerprint density at radius 3 is 2.12 bits per heavy atom. The largest absolute Gasteiger partial charge is 0.508 e. The van der Waals surface area contributed by atoms with Gasteiger partial charge in [0.25, 0.3) is 0 Å². The molecule has 9 heteroatoms. The highest BCUT2D eigenvalue weighted by atomic mass is 16.7. The summed E-state index contributed by atoms with van der Waals surface area (Å²) in [6, 6.07) is 0. The molecule has 0 saturated heterocycles. The first kappa shape index (κ1) is 28.0. The van der Waals surface area contributed by atoms with E-state index in [2.05, 4.69) is 0 Å². The van der Waals surface area contributed by atoms with E-state index in [-0.39, 0.29) is 44.2 Å². The Balaban J connectivity index is 2.92. The van der Waals surface area contributed by atoms with Gasteiger partial charge in [-0.25, -0.2) is 9.59 Å². The highest BCUT2D eigenvalue weighted by molar-refractivity contribution is 5.75. The van der Waals surface area contributed by atoms with Crippen molar-refractivity contribution in [1.29, 1.82) is 0 Å². The summed E-state index contributed by atoms with van der Waals surface area (Å²) in [6.45, 7) is 13.1. The molecule has 2 unspecified atom stereocenters. The van der Waals surface area contributed by atoms with Crippen LogP contribution in [0, 0.1) is 22.7 Å². The zero-order valence-corrected chi connectivity index (χ0v) is 20.5. The van der Waals surface area contributed by atoms with Crippen LogP contribution in [0.3, 0.4) is 0 Å². The lowest BCUT2D eigenvalue weighted by molar-refractivity contribution is -0.179. The van der Waals surface area contributed by atoms with E-state index >= 15 is 0 Å². The lowest BCUT2D eigenvalue weighted by Crippen LogP contribution is -2.51. The lowest BCUT2D eigenvalue weighted by Gasteiger charge is -2.47. The van der Waals surface area contributed by atoms with Crippen molar-refractivity contribution in [3.05, 3.63) is 0 Å². The van der Waals surface area contributed by atoms with E-state index in [4.69, 9.17) is 23.7 Å². The molecule has 186 valence electrons. The molecule has 0 radical (unpaired) electrons. The lowest BCUT2D eigenvalue weighted by atomic mass is 9.64. The third kappa shape index (κ3) is 8.48. The maximum absolute atomic E-state index is 12.7. The van der Waals surface area contributed by atoms with Crippen LogP contribution in [0.5, 0.6) is 0 Å². The summed E-state index contributed by atoms with van der Waals surface area (Å²) < 4.78 is 25.7. The van der Waals surface area contributed by atoms with Gasteiger partial charge in [0, 0.05) is 5.41 Å². The summed E-state index contributed by atoms with van der Waals surface area (Å²) in [5.74, 6) is -0.766. The van der Waals surface area contributed by atoms with Crippen LogP contribution in [0.15, 0.2) is 0 Å². The van der Waals surface area contributed by atoms with Crippen LogP contribution in [0.2, 0.25) is 0 Å². The van der Waals surface area contributed by atoms with Gasteiger partial charge in [0.05, 0.1) is 37.9 Å². The van der Waals surface area contributed by atoms with Crippen LogP contribution < -0.4 is 0 Å². The third-order valence-electron chi connectivity index (χ3n) is 5.91. The van der Waals surface area contributed by atoms with Gasteiger partial charge in [-0.1, -0.05) is 13.8 Å². The van der Waals surface area contributed by atoms with Gasteiger partial charge < -0.3 is 28.8 Å². The predicted molar refractivity (Wildman–Crippen MR) is 116 cm³/mol. The number of esters is 1. The van der Waals surface area contributed by atoms with Crippen LogP contribution >= 0.6 is 0 Å². The van der Waals surface area contributed by atoms with E-state index in [9.17, 15) is 19.5 Å². The topological polar surface area (TPSA) is 118 Å². The van der Waals surface area contributed by atoms with Crippen LogP contribution in [-0.2, 0) is 28.5 Å². The van der Waals surface area contributed by atoms with Crippen LogP contribution in [0.1, 0.15) is 67.7 Å². The molecule has 1 saturated carbocycles. The average Bonchev–Trinajstić information content (AvgIpc) is 2.67. The number of hydrogen-bond donors (Lipinski definition) is 1. The van der Waals surface area contributed by atoms with Crippen molar-refractivity contribution in [2.45, 2.75) is 79.9 Å². The standard InChI is InChI=1S/C23H40O9/c1-8-28-20(26)30-11-10-23(7)13-17(24)16(15(3)14-31-21(27)29-9-2)12-18(23)32-19(25)22(4,5)6/h15-18,24H,8-14H2,1-7H3/t15?,16-,17?,18+,23+/m1/s1. The monoisotopic (exact) mass is 460 g/mol. The maximum atomic E-state index is 12.7. The molecule has 1 rings (SSSR count). The van der Waals surface area contributed by atoms with E-state index in [0.717, 1.165) is 0 Å². The first-order chi connectivity index (χ1) is 14.8. The number of carbonyl (C=O) groups excluding carboxylic acids is 3. The SMILES string of the molecule is CCOC(=O)OCC[C@@]1(C)CC(O)[C@@H](C(C)COC(=O)OCC)C[C@@H]1OC(=O)C(C)(C)C. The molecule has 5 atom stereocenters. The highest BCUT2D eigenvalue weighted by Gasteiger charge is 2.48. The molecule has 0 aromatic heterocycles. The maximum Gasteiger partial charge on any atom is 0.508 e. The molecule has 0 aliphatic heterocycles. The zero-order valence-electron chi connectivity index (χ0n) is 20.5. The average molecular weight is 461 g/mol. The second-order valence-corrected chi connectivity index (χ2v) is 9.72. The summed E-state index contributed by atoms with van der Waals surface area (Å²) in [5.41, 5.74) is -1.29. The molecule has 1 aliphatic carbocycles. The summed E-state index contributed by atoms with van der Waals surface area (Å²) in [7, 11) is 0. The van der Waals surface area contributed by atoms with Gasteiger partial charge in [-0.15, -0.1) is 0 Å². The third-order valence-corrected chi connectivity index (χ3v) is 5.91. The smallest absolute Gasteiger partial charge is 0.461 e. The molecule has 0 spiro atoms. The van der Waals surface area contributed by atoms with Crippen LogP contribution in [0.25, 0.3) is 0 Å². The van der Waals surface area contributed by atoms with Crippen LogP contribution in [0.4, 0.5) is 9.59 Å². The molecule has 0 bridgehead atoms. The van der Waals surface area contributed by atoms with Gasteiger partial charge in [-0.3, -0.25) is 4.79 Å². The Hall–Kier alpha value is -2.03. The molecule has 1 aliphatic rings. The molecule has 1 N–H and O–H groups in total. The Kier molecular flexibility index (Phi) is 10.7. The van der Waals surface area contributed by atoms with Crippen molar-refractivity contribution in [3.8, 4) is 0 Å². The van der Waals surface area contributed by atoms with Crippen LogP contribution in [-0.4, -0.2) is 62.0 Å². The second-order valence-electron chi connectivity index (χ2n) is 9.72. The van der Waals surface area contributed by atoms with Crippen molar-refractivity contribution in [1.82, 2.24) is 0 Å². The summed E-state index contributed by atoms with van der Waals surface area (Å²) in [6.07, 6.45) is -1.57. The Morgan fingerprint density at radius 2 is 1.59 bits per heavy atom. The Labute approximate surface area is 191 Å². The molecule has 0 aromatic rings. The molecule has 32 heavy (non-hydrogen) atoms. The fraction of sp³-hybridized carbons (Fsp3) is 0.870. The summed E-state index contributed by atoms with van der Waals surface area (Å²) in [4.78, 5) is 35.7. The first-order valence-electron chi connectivity index (χ1n) is 11.3. The van der Waals surface area contributed by atoms with Gasteiger partial charge in [-0.2, -0.15) is 0 Å². The van der Waals surface area contributed by atoms with E-state index in [0.29, 0.717) is 19.3 Å². The van der Waals surface area contributed by atoms with Gasteiger partial charge >= 0.3 is 18.3 Å². The van der Waals surface area contributed by atoms with Crippen molar-refractivity contribution < 1.29 is 43.2 Å². The molecular formula is C23H40O9. The highest BCUT2D eigenvalue weighted by Crippen LogP contribution is 2.46. The minimum atomic E-state index is -0.752. The minimum Gasteiger partial charge on any atom is -0.461 e. The van der Waals surface area contributed by atoms with Crippen molar-refractivity contribution in [2.24, 2.45) is 22.7 Å². The van der Waals surface area contributed by atoms with E-state index in [1.165, 1.54) is 0 Å². The van der Waals surface area contributed by atoms with Gasteiger partial charge in [0.2, 0.25) is 0 Å².